The van der Waals surface area contributed by atoms with Crippen molar-refractivity contribution in [1.29, 1.82) is 0 Å². The first kappa shape index (κ1) is 21.7. The lowest BCUT2D eigenvalue weighted by atomic mass is 9.77. The number of halogens is 3. The molecule has 1 aliphatic heterocycles. The smallest absolute Gasteiger partial charge is 0.267 e. The van der Waals surface area contributed by atoms with Gasteiger partial charge in [0.2, 0.25) is 0 Å². The summed E-state index contributed by atoms with van der Waals surface area (Å²) in [5.74, 6) is -0.803. The van der Waals surface area contributed by atoms with Crippen molar-refractivity contribution in [2.45, 2.75) is 25.3 Å². The molecular formula is C27H21BrF2N2O. The molecule has 2 atom stereocenters. The maximum atomic E-state index is 13.7. The Morgan fingerprint density at radius 3 is 2.33 bits per heavy atom. The van der Waals surface area contributed by atoms with Gasteiger partial charge in [-0.15, -0.1) is 0 Å². The van der Waals surface area contributed by atoms with E-state index in [1.807, 2.05) is 24.3 Å². The van der Waals surface area contributed by atoms with Gasteiger partial charge >= 0.3 is 0 Å². The standard InChI is InChI=1S/C27H21BrF2N2O/c28-24-7-2-1-5-22(24)27(33)32-26(18-10-14-21(30)15-11-18)23-6-3-4-19(25(23)31-32)16-17-8-12-20(29)13-9-17/h1-2,5,7-16,23,26H,3-4,6H2/b19-16+/t23-,26+/m1/s1. The summed E-state index contributed by atoms with van der Waals surface area (Å²) in [5.41, 5.74) is 4.19. The maximum absolute atomic E-state index is 13.7. The van der Waals surface area contributed by atoms with Crippen molar-refractivity contribution in [3.05, 3.63) is 111 Å². The van der Waals surface area contributed by atoms with E-state index in [9.17, 15) is 13.6 Å². The Bertz CT molecular complexity index is 1250. The lowest BCUT2D eigenvalue weighted by Gasteiger charge is -2.29. The van der Waals surface area contributed by atoms with Crippen LogP contribution in [0.3, 0.4) is 0 Å². The number of benzene rings is 3. The summed E-state index contributed by atoms with van der Waals surface area (Å²) < 4.78 is 27.7. The number of carbonyl (C=O) groups excluding carboxylic acids is 1. The summed E-state index contributed by atoms with van der Waals surface area (Å²) >= 11 is 3.48. The third-order valence-electron chi connectivity index (χ3n) is 6.24. The number of hydrazone groups is 1. The Balaban J connectivity index is 1.59. The Kier molecular flexibility index (Phi) is 5.94. The van der Waals surface area contributed by atoms with Gasteiger partial charge in [0.05, 0.1) is 17.3 Å². The molecule has 3 aromatic carbocycles. The lowest BCUT2D eigenvalue weighted by molar-refractivity contribution is 0.0680. The van der Waals surface area contributed by atoms with E-state index in [0.717, 1.165) is 41.7 Å². The fourth-order valence-electron chi connectivity index (χ4n) is 4.68. The molecule has 3 nitrogen and oxygen atoms in total. The van der Waals surface area contributed by atoms with Gasteiger partial charge in [0.25, 0.3) is 5.91 Å². The molecule has 5 rings (SSSR count). The molecule has 0 aromatic heterocycles. The van der Waals surface area contributed by atoms with E-state index in [1.165, 1.54) is 24.3 Å². The van der Waals surface area contributed by atoms with Gasteiger partial charge in [-0.05, 0) is 94.4 Å². The highest BCUT2D eigenvalue weighted by molar-refractivity contribution is 9.10. The van der Waals surface area contributed by atoms with Crippen molar-refractivity contribution >= 4 is 33.6 Å². The van der Waals surface area contributed by atoms with Crippen molar-refractivity contribution < 1.29 is 13.6 Å². The Hall–Kier alpha value is -3.12. The second kappa shape index (κ2) is 9.02. The first-order valence-corrected chi connectivity index (χ1v) is 11.7. The Labute approximate surface area is 199 Å². The minimum absolute atomic E-state index is 0.00217. The molecule has 0 N–H and O–H groups in total. The quantitative estimate of drug-likeness (QED) is 0.370. The third-order valence-corrected chi connectivity index (χ3v) is 6.93. The highest BCUT2D eigenvalue weighted by Gasteiger charge is 2.44. The number of allylic oxidation sites excluding steroid dienone is 1. The van der Waals surface area contributed by atoms with Crippen LogP contribution in [0.25, 0.3) is 6.08 Å². The summed E-state index contributed by atoms with van der Waals surface area (Å²) in [6.07, 6.45) is 4.69. The van der Waals surface area contributed by atoms with Gasteiger partial charge in [0, 0.05) is 10.4 Å². The monoisotopic (exact) mass is 506 g/mol. The van der Waals surface area contributed by atoms with Crippen molar-refractivity contribution in [3.8, 4) is 0 Å². The summed E-state index contributed by atoms with van der Waals surface area (Å²) in [6, 6.07) is 19.6. The van der Waals surface area contributed by atoms with E-state index in [4.69, 9.17) is 5.10 Å². The summed E-state index contributed by atoms with van der Waals surface area (Å²) in [5, 5.41) is 6.40. The van der Waals surface area contributed by atoms with Crippen LogP contribution >= 0.6 is 15.9 Å². The third kappa shape index (κ3) is 4.27. The van der Waals surface area contributed by atoms with Gasteiger partial charge < -0.3 is 0 Å². The predicted octanol–water partition coefficient (Wildman–Crippen LogP) is 7.16. The molecule has 1 heterocycles. The predicted molar refractivity (Wildman–Crippen MR) is 129 cm³/mol. The molecule has 166 valence electrons. The molecule has 1 fully saturated rings. The zero-order chi connectivity index (χ0) is 22.9. The van der Waals surface area contributed by atoms with Crippen LogP contribution in [0.2, 0.25) is 0 Å². The molecule has 6 heteroatoms. The largest absolute Gasteiger partial charge is 0.275 e. The van der Waals surface area contributed by atoms with Crippen LogP contribution in [-0.2, 0) is 0 Å². The van der Waals surface area contributed by atoms with E-state index < -0.39 is 0 Å². The summed E-state index contributed by atoms with van der Waals surface area (Å²) in [6.45, 7) is 0. The van der Waals surface area contributed by atoms with Crippen molar-refractivity contribution in [2.24, 2.45) is 11.0 Å². The normalized spacial score (nSPS) is 21.1. The number of carbonyl (C=O) groups is 1. The van der Waals surface area contributed by atoms with Crippen LogP contribution in [0.4, 0.5) is 8.78 Å². The fraction of sp³-hybridized carbons (Fsp3) is 0.185. The zero-order valence-corrected chi connectivity index (χ0v) is 19.3. The highest BCUT2D eigenvalue weighted by Crippen LogP contribution is 2.45. The minimum Gasteiger partial charge on any atom is -0.267 e. The molecule has 1 aliphatic carbocycles. The SMILES string of the molecule is O=C(c1ccccc1Br)N1N=C2/C(=C/c3ccc(F)cc3)CCC[C@H]2[C@@H]1c1ccc(F)cc1. The second-order valence-corrected chi connectivity index (χ2v) is 9.19. The molecule has 0 saturated heterocycles. The van der Waals surface area contributed by atoms with E-state index in [2.05, 4.69) is 15.9 Å². The zero-order valence-electron chi connectivity index (χ0n) is 17.7. The topological polar surface area (TPSA) is 32.7 Å². The average molecular weight is 507 g/mol. The number of rotatable bonds is 3. The van der Waals surface area contributed by atoms with E-state index in [0.29, 0.717) is 10.0 Å². The van der Waals surface area contributed by atoms with Crippen molar-refractivity contribution in [3.63, 3.8) is 0 Å². The van der Waals surface area contributed by atoms with Gasteiger partial charge in [0.15, 0.2) is 0 Å². The summed E-state index contributed by atoms with van der Waals surface area (Å²) in [4.78, 5) is 13.6. The molecule has 33 heavy (non-hydrogen) atoms. The first-order chi connectivity index (χ1) is 16.0. The Morgan fingerprint density at radius 1 is 0.970 bits per heavy atom. The lowest BCUT2D eigenvalue weighted by Crippen LogP contribution is -2.32. The first-order valence-electron chi connectivity index (χ1n) is 10.9. The molecule has 0 radical (unpaired) electrons. The molecule has 0 spiro atoms. The van der Waals surface area contributed by atoms with Crippen LogP contribution in [0.15, 0.2) is 87.9 Å². The van der Waals surface area contributed by atoms with Crippen LogP contribution < -0.4 is 0 Å². The van der Waals surface area contributed by atoms with Gasteiger partial charge in [-0.2, -0.15) is 5.10 Å². The molecule has 2 aliphatic rings. The van der Waals surface area contributed by atoms with Gasteiger partial charge in [-0.25, -0.2) is 13.8 Å². The number of hydrogen-bond donors (Lipinski definition) is 0. The fourth-order valence-corrected chi connectivity index (χ4v) is 5.13. The van der Waals surface area contributed by atoms with Gasteiger partial charge in [0.1, 0.15) is 11.6 Å². The number of fused-ring (bicyclic) bond motifs is 1. The van der Waals surface area contributed by atoms with E-state index in [1.54, 1.807) is 35.3 Å². The highest BCUT2D eigenvalue weighted by atomic mass is 79.9. The van der Waals surface area contributed by atoms with Crippen LogP contribution in [0.5, 0.6) is 0 Å². The molecular weight excluding hydrogens is 486 g/mol. The summed E-state index contributed by atoms with van der Waals surface area (Å²) in [7, 11) is 0. The van der Waals surface area contributed by atoms with Gasteiger partial charge in [-0.1, -0.05) is 36.4 Å². The molecule has 1 amide bonds. The average Bonchev–Trinajstić information content (AvgIpc) is 3.22. The van der Waals surface area contributed by atoms with Crippen LogP contribution in [-0.4, -0.2) is 16.6 Å². The molecule has 0 unspecified atom stereocenters. The number of nitrogens with zero attached hydrogens (tertiary/aromatic N) is 2. The molecule has 3 aromatic rings. The van der Waals surface area contributed by atoms with E-state index in [-0.39, 0.29) is 29.5 Å². The van der Waals surface area contributed by atoms with Crippen LogP contribution in [0, 0.1) is 17.6 Å². The minimum atomic E-state index is -0.322. The van der Waals surface area contributed by atoms with Crippen LogP contribution in [0.1, 0.15) is 46.8 Å². The molecule has 1 saturated carbocycles. The van der Waals surface area contributed by atoms with E-state index >= 15 is 0 Å². The van der Waals surface area contributed by atoms with Crippen molar-refractivity contribution in [1.82, 2.24) is 5.01 Å². The van der Waals surface area contributed by atoms with Crippen molar-refractivity contribution in [2.75, 3.05) is 0 Å². The number of hydrogen-bond acceptors (Lipinski definition) is 2. The molecule has 0 bridgehead atoms. The van der Waals surface area contributed by atoms with Gasteiger partial charge in [-0.3, -0.25) is 4.79 Å². The maximum Gasteiger partial charge on any atom is 0.275 e. The second-order valence-electron chi connectivity index (χ2n) is 8.33. The number of amides is 1. The Morgan fingerprint density at radius 2 is 1.64 bits per heavy atom.